The van der Waals surface area contributed by atoms with Crippen LogP contribution in [0.3, 0.4) is 0 Å². The molecule has 0 radical (unpaired) electrons. The molecule has 2 aliphatic rings. The minimum Gasteiger partial charge on any atom is -0.200 e. The number of pyridine rings is 1. The van der Waals surface area contributed by atoms with Crippen molar-refractivity contribution < 1.29 is 4.57 Å². The fourth-order valence-electron chi connectivity index (χ4n) is 7.42. The SMILES string of the molecule is Cc1cc2c(cc1-c1c3c(cc[n+]1C)-c1ccccc1-c1ccccc1-c1ccccc1-3)C(C)(C)c1ccccc1-2. The van der Waals surface area contributed by atoms with E-state index in [1.165, 1.54) is 83.6 Å². The molecule has 41 heavy (non-hydrogen) atoms. The summed E-state index contributed by atoms with van der Waals surface area (Å²) in [7, 11) is 2.20. The number of hydrogen-bond donors (Lipinski definition) is 0. The van der Waals surface area contributed by atoms with E-state index in [1.807, 2.05) is 0 Å². The van der Waals surface area contributed by atoms with Gasteiger partial charge >= 0.3 is 0 Å². The number of aromatic nitrogens is 1. The van der Waals surface area contributed by atoms with Crippen LogP contribution in [-0.4, -0.2) is 0 Å². The van der Waals surface area contributed by atoms with Crippen LogP contribution in [-0.2, 0) is 12.5 Å². The standard InChI is InChI=1S/C40H32N/c1-25-23-35-31-18-11-12-20-36(31)40(2,3)37(35)24-34(25)39-38-32-19-10-9-16-29(32)27-14-6-5-13-26(27)28-15-7-8-17-30(28)33(38)21-22-41(39)4/h5-24H,1-4H3/q+1. The molecular formula is C40H32N+. The van der Waals surface area contributed by atoms with Gasteiger partial charge in [0.1, 0.15) is 7.05 Å². The van der Waals surface area contributed by atoms with Gasteiger partial charge in [-0.05, 0) is 74.2 Å². The first-order valence-corrected chi connectivity index (χ1v) is 14.5. The van der Waals surface area contributed by atoms with E-state index in [2.05, 4.69) is 154 Å². The summed E-state index contributed by atoms with van der Waals surface area (Å²) in [4.78, 5) is 0. The third-order valence-electron chi connectivity index (χ3n) is 9.43. The van der Waals surface area contributed by atoms with Gasteiger partial charge in [0, 0.05) is 17.0 Å². The van der Waals surface area contributed by atoms with Crippen molar-refractivity contribution >= 4 is 0 Å². The second kappa shape index (κ2) is 8.62. The van der Waals surface area contributed by atoms with Gasteiger partial charge in [0.25, 0.3) is 0 Å². The predicted molar refractivity (Wildman–Crippen MR) is 171 cm³/mol. The zero-order valence-electron chi connectivity index (χ0n) is 24.0. The van der Waals surface area contributed by atoms with Crippen molar-refractivity contribution in [2.75, 3.05) is 0 Å². The predicted octanol–water partition coefficient (Wildman–Crippen LogP) is 9.77. The Labute approximate surface area is 242 Å². The average Bonchev–Trinajstić information content (AvgIpc) is 3.21. The van der Waals surface area contributed by atoms with Crippen molar-refractivity contribution in [3.8, 4) is 66.9 Å². The quantitative estimate of drug-likeness (QED) is 0.187. The first-order valence-electron chi connectivity index (χ1n) is 14.5. The lowest BCUT2D eigenvalue weighted by atomic mass is 9.78. The van der Waals surface area contributed by atoms with E-state index >= 15 is 0 Å². The van der Waals surface area contributed by atoms with Crippen LogP contribution in [0.4, 0.5) is 0 Å². The molecule has 5 aromatic carbocycles. The second-order valence-corrected chi connectivity index (χ2v) is 12.1. The number of rotatable bonds is 1. The average molecular weight is 527 g/mol. The Morgan fingerprint density at radius 3 is 1.56 bits per heavy atom. The molecule has 0 amide bonds. The topological polar surface area (TPSA) is 3.88 Å². The van der Waals surface area contributed by atoms with Gasteiger partial charge in [0.05, 0.1) is 11.1 Å². The van der Waals surface area contributed by atoms with Crippen molar-refractivity contribution in [3.05, 3.63) is 138 Å². The number of hydrogen-bond acceptors (Lipinski definition) is 0. The molecule has 8 rings (SSSR count). The molecule has 196 valence electrons. The molecule has 0 fully saturated rings. The minimum atomic E-state index is -0.0559. The van der Waals surface area contributed by atoms with Gasteiger partial charge in [-0.3, -0.25) is 0 Å². The van der Waals surface area contributed by atoms with Gasteiger partial charge in [0.15, 0.2) is 6.20 Å². The van der Waals surface area contributed by atoms with Crippen LogP contribution in [0.2, 0.25) is 0 Å². The molecule has 0 N–H and O–H groups in total. The van der Waals surface area contributed by atoms with E-state index in [4.69, 9.17) is 0 Å². The van der Waals surface area contributed by atoms with Crippen LogP contribution in [0.25, 0.3) is 66.9 Å². The van der Waals surface area contributed by atoms with Crippen molar-refractivity contribution in [3.63, 3.8) is 0 Å². The first kappa shape index (κ1) is 24.1. The summed E-state index contributed by atoms with van der Waals surface area (Å²) < 4.78 is 2.33. The maximum Gasteiger partial charge on any atom is 0.221 e. The van der Waals surface area contributed by atoms with E-state index < -0.39 is 0 Å². The molecule has 2 aliphatic carbocycles. The lowest BCUT2D eigenvalue weighted by molar-refractivity contribution is -0.659. The van der Waals surface area contributed by atoms with E-state index in [1.54, 1.807) is 0 Å². The molecule has 0 bridgehead atoms. The Bertz CT molecular complexity index is 2040. The lowest BCUT2D eigenvalue weighted by Gasteiger charge is -2.25. The summed E-state index contributed by atoms with van der Waals surface area (Å²) >= 11 is 0. The van der Waals surface area contributed by atoms with Crippen LogP contribution in [0.15, 0.2) is 121 Å². The van der Waals surface area contributed by atoms with Crippen molar-refractivity contribution in [1.29, 1.82) is 0 Å². The van der Waals surface area contributed by atoms with Crippen LogP contribution < -0.4 is 4.57 Å². The highest BCUT2D eigenvalue weighted by Gasteiger charge is 2.37. The molecule has 6 aromatic rings. The third kappa shape index (κ3) is 3.33. The molecule has 1 heterocycles. The summed E-state index contributed by atoms with van der Waals surface area (Å²) in [6.45, 7) is 7.02. The monoisotopic (exact) mass is 526 g/mol. The minimum absolute atomic E-state index is 0.0559. The Balaban J connectivity index is 1.50. The molecule has 0 saturated heterocycles. The number of benzene rings is 5. The maximum absolute atomic E-state index is 2.49. The van der Waals surface area contributed by atoms with Crippen molar-refractivity contribution in [2.24, 2.45) is 7.05 Å². The smallest absolute Gasteiger partial charge is 0.200 e. The molecule has 0 spiro atoms. The third-order valence-corrected chi connectivity index (χ3v) is 9.43. The largest absolute Gasteiger partial charge is 0.221 e. The molecule has 1 aromatic heterocycles. The Kier molecular flexibility index (Phi) is 5.06. The number of aryl methyl sites for hydroxylation is 2. The van der Waals surface area contributed by atoms with E-state index in [0.29, 0.717) is 0 Å². The van der Waals surface area contributed by atoms with Gasteiger partial charge in [0.2, 0.25) is 5.69 Å². The van der Waals surface area contributed by atoms with E-state index in [0.717, 1.165) is 0 Å². The molecule has 0 unspecified atom stereocenters. The second-order valence-electron chi connectivity index (χ2n) is 12.1. The Morgan fingerprint density at radius 2 is 0.951 bits per heavy atom. The van der Waals surface area contributed by atoms with E-state index in [9.17, 15) is 0 Å². The summed E-state index contributed by atoms with van der Waals surface area (Å²) in [6.07, 6.45) is 2.24. The van der Waals surface area contributed by atoms with Crippen LogP contribution >= 0.6 is 0 Å². The van der Waals surface area contributed by atoms with Crippen LogP contribution in [0.1, 0.15) is 30.5 Å². The molecule has 1 nitrogen and oxygen atoms in total. The lowest BCUT2D eigenvalue weighted by Crippen LogP contribution is -2.32. The molecule has 1 heteroatoms. The van der Waals surface area contributed by atoms with Crippen LogP contribution in [0, 0.1) is 6.92 Å². The number of fused-ring (bicyclic) bond motifs is 11. The Morgan fingerprint density at radius 1 is 0.463 bits per heavy atom. The van der Waals surface area contributed by atoms with Gasteiger partial charge in [-0.15, -0.1) is 0 Å². The van der Waals surface area contributed by atoms with Gasteiger partial charge in [-0.2, -0.15) is 0 Å². The molecule has 0 saturated carbocycles. The maximum atomic E-state index is 2.49. The van der Waals surface area contributed by atoms with Gasteiger partial charge in [-0.1, -0.05) is 117 Å². The highest BCUT2D eigenvalue weighted by molar-refractivity contribution is 6.06. The summed E-state index contributed by atoms with van der Waals surface area (Å²) in [5.41, 5.74) is 19.6. The Hall–Kier alpha value is -4.75. The zero-order valence-corrected chi connectivity index (χ0v) is 24.0. The van der Waals surface area contributed by atoms with E-state index in [-0.39, 0.29) is 5.41 Å². The zero-order chi connectivity index (χ0) is 27.9. The summed E-state index contributed by atoms with van der Waals surface area (Å²) in [5, 5.41) is 0. The molecule has 0 atom stereocenters. The van der Waals surface area contributed by atoms with Crippen molar-refractivity contribution in [2.45, 2.75) is 26.2 Å². The highest BCUT2D eigenvalue weighted by Crippen LogP contribution is 2.53. The summed E-state index contributed by atoms with van der Waals surface area (Å²) in [6, 6.07) is 42.9. The van der Waals surface area contributed by atoms with Gasteiger partial charge in [-0.25, -0.2) is 4.57 Å². The first-order chi connectivity index (χ1) is 19.9. The highest BCUT2D eigenvalue weighted by atomic mass is 14.9. The van der Waals surface area contributed by atoms with Crippen LogP contribution in [0.5, 0.6) is 0 Å². The molecule has 0 aliphatic heterocycles. The summed E-state index contributed by atoms with van der Waals surface area (Å²) in [5.74, 6) is 0. The normalized spacial score (nSPS) is 13.6. The van der Waals surface area contributed by atoms with Crippen molar-refractivity contribution in [1.82, 2.24) is 0 Å². The molecular weight excluding hydrogens is 494 g/mol. The number of nitrogens with zero attached hydrogens (tertiary/aromatic N) is 1. The fraction of sp³-hybridized carbons (Fsp3) is 0.125. The fourth-order valence-corrected chi connectivity index (χ4v) is 7.42. The van der Waals surface area contributed by atoms with Gasteiger partial charge < -0.3 is 0 Å².